The maximum absolute atomic E-state index is 13.5. The Balaban J connectivity index is 0.000000203. The number of nitrogens with two attached hydrogens (primary N) is 1. The maximum Gasteiger partial charge on any atom is 0.314 e. The molecule has 2 aromatic carbocycles. The Labute approximate surface area is 358 Å². The number of hydrogen-bond donors (Lipinski definition) is 1. The first-order valence-electron chi connectivity index (χ1n) is 19.6. The Hall–Kier alpha value is -4.55. The standard InChI is InChI=1S/C21H21ClF2N4O3S.C20H24ClN3O3S/c22-15-5-4-6-17(11-15)28(32(29,30)18-7-2-1-3-8-18)13-16-10-9-14(12-25-16)20-26-27-21(31-20)19(23)24;21-16-5-4-6-18(11-16)24(28(26,27)19-7-2-1-3-8-19)14-17-10-9-15(13-23-17)20(25)12-22/h4-6,9-12,18-19H,1-3,7-8,13H2;4-6,9-11,13,19H,1-3,7-8,12,14,22H2. The van der Waals surface area contributed by atoms with Gasteiger partial charge in [0.05, 0.1) is 58.5 Å². The van der Waals surface area contributed by atoms with Crippen molar-refractivity contribution < 1.29 is 34.8 Å². The number of carbonyl (C=O) groups excluding carboxylic acids is 1. The molecule has 2 aliphatic carbocycles. The lowest BCUT2D eigenvalue weighted by atomic mass is 10.0. The summed E-state index contributed by atoms with van der Waals surface area (Å²) in [6.45, 7) is -0.00638. The highest BCUT2D eigenvalue weighted by molar-refractivity contribution is 7.93. The van der Waals surface area contributed by atoms with Crippen LogP contribution in [0.15, 0.2) is 89.6 Å². The quantitative estimate of drug-likeness (QED) is 0.105. The molecule has 0 spiro atoms. The van der Waals surface area contributed by atoms with Gasteiger partial charge in [-0.15, -0.1) is 10.2 Å². The third-order valence-corrected chi connectivity index (χ3v) is 15.4. The number of rotatable bonds is 14. The number of alkyl halides is 2. The van der Waals surface area contributed by atoms with E-state index >= 15 is 0 Å². The van der Waals surface area contributed by atoms with E-state index in [9.17, 15) is 30.4 Å². The van der Waals surface area contributed by atoms with Gasteiger partial charge in [0.2, 0.25) is 25.9 Å². The maximum atomic E-state index is 13.5. The van der Waals surface area contributed by atoms with E-state index in [0.717, 1.165) is 38.5 Å². The molecule has 2 N–H and O–H groups in total. The smallest absolute Gasteiger partial charge is 0.314 e. The molecule has 13 nitrogen and oxygen atoms in total. The summed E-state index contributed by atoms with van der Waals surface area (Å²) in [6, 6.07) is 20.0. The number of benzene rings is 2. The minimum atomic E-state index is -3.65. The van der Waals surface area contributed by atoms with Gasteiger partial charge in [-0.3, -0.25) is 23.4 Å². The van der Waals surface area contributed by atoms with E-state index in [1.54, 1.807) is 72.8 Å². The third kappa shape index (κ3) is 11.2. The van der Waals surface area contributed by atoms with Gasteiger partial charge in [-0.25, -0.2) is 16.8 Å². The zero-order valence-electron chi connectivity index (χ0n) is 32.5. The van der Waals surface area contributed by atoms with Gasteiger partial charge >= 0.3 is 6.43 Å². The van der Waals surface area contributed by atoms with Crippen LogP contribution in [0.3, 0.4) is 0 Å². The first-order chi connectivity index (χ1) is 28.8. The van der Waals surface area contributed by atoms with Crippen molar-refractivity contribution in [1.29, 1.82) is 0 Å². The zero-order chi connectivity index (χ0) is 42.9. The monoisotopic (exact) mass is 903 g/mol. The van der Waals surface area contributed by atoms with Crippen LogP contribution < -0.4 is 14.3 Å². The molecule has 5 aromatic rings. The largest absolute Gasteiger partial charge is 0.415 e. The molecule has 7 rings (SSSR count). The number of ketones is 1. The molecule has 19 heteroatoms. The lowest BCUT2D eigenvalue weighted by Crippen LogP contribution is -2.39. The second-order valence-corrected chi connectivity index (χ2v) is 19.7. The van der Waals surface area contributed by atoms with Crippen LogP contribution in [0.5, 0.6) is 0 Å². The van der Waals surface area contributed by atoms with Gasteiger partial charge in [-0.2, -0.15) is 8.78 Å². The normalized spacial score (nSPS) is 15.3. The summed E-state index contributed by atoms with van der Waals surface area (Å²) in [7, 11) is -7.23. The highest BCUT2D eigenvalue weighted by Gasteiger charge is 2.35. The molecule has 0 bridgehead atoms. The Morgan fingerprint density at radius 1 is 0.717 bits per heavy atom. The average molecular weight is 905 g/mol. The SMILES string of the molecule is NCC(=O)c1ccc(CN(c2cccc(Cl)c2)S(=O)(=O)C2CCCCC2)nc1.O=S(=O)(C1CCCCC1)N(Cc1ccc(-c2nnc(C(F)F)o2)cn1)c1cccc(Cl)c1. The van der Waals surface area contributed by atoms with Crippen molar-refractivity contribution in [2.75, 3.05) is 15.2 Å². The predicted octanol–water partition coefficient (Wildman–Crippen LogP) is 8.94. The van der Waals surface area contributed by atoms with Crippen molar-refractivity contribution in [3.8, 4) is 11.5 Å². The van der Waals surface area contributed by atoms with Gasteiger partial charge in [-0.1, -0.05) is 73.9 Å². The van der Waals surface area contributed by atoms with E-state index in [1.807, 2.05) is 0 Å². The molecule has 60 heavy (non-hydrogen) atoms. The number of anilines is 2. The summed E-state index contributed by atoms with van der Waals surface area (Å²) in [6.07, 6.45) is 8.24. The number of aromatic nitrogens is 4. The lowest BCUT2D eigenvalue weighted by Gasteiger charge is -2.31. The van der Waals surface area contributed by atoms with Crippen molar-refractivity contribution in [2.24, 2.45) is 5.73 Å². The number of sulfonamides is 2. The van der Waals surface area contributed by atoms with Gasteiger partial charge in [0.15, 0.2) is 5.78 Å². The minimum Gasteiger partial charge on any atom is -0.415 e. The highest BCUT2D eigenvalue weighted by Crippen LogP contribution is 2.34. The van der Waals surface area contributed by atoms with Gasteiger partial charge in [0, 0.05) is 28.0 Å². The van der Waals surface area contributed by atoms with Crippen LogP contribution >= 0.6 is 23.2 Å². The first-order valence-corrected chi connectivity index (χ1v) is 23.3. The van der Waals surface area contributed by atoms with Gasteiger partial charge in [0.25, 0.3) is 5.89 Å². The number of halogens is 4. The second kappa shape index (κ2) is 20.3. The van der Waals surface area contributed by atoms with Crippen LogP contribution in [0.2, 0.25) is 10.0 Å². The molecule has 0 atom stereocenters. The summed E-state index contributed by atoms with van der Waals surface area (Å²) < 4.78 is 86.9. The fourth-order valence-corrected chi connectivity index (χ4v) is 11.6. The molecule has 0 unspecified atom stereocenters. The van der Waals surface area contributed by atoms with Crippen LogP contribution in [0, 0.1) is 0 Å². The number of hydrogen-bond acceptors (Lipinski definition) is 11. The van der Waals surface area contributed by atoms with Gasteiger partial charge < -0.3 is 10.2 Å². The van der Waals surface area contributed by atoms with Crippen LogP contribution in [0.1, 0.15) is 98.3 Å². The van der Waals surface area contributed by atoms with Crippen LogP contribution in [0.4, 0.5) is 20.2 Å². The second-order valence-electron chi connectivity index (χ2n) is 14.5. The molecule has 0 aliphatic heterocycles. The van der Waals surface area contributed by atoms with Crippen molar-refractivity contribution in [3.63, 3.8) is 0 Å². The Morgan fingerprint density at radius 3 is 1.62 bits per heavy atom. The van der Waals surface area contributed by atoms with Crippen molar-refractivity contribution in [2.45, 2.75) is 94.2 Å². The van der Waals surface area contributed by atoms with E-state index in [4.69, 9.17) is 33.4 Å². The minimum absolute atomic E-state index is 0.00553. The Morgan fingerprint density at radius 2 is 1.22 bits per heavy atom. The summed E-state index contributed by atoms with van der Waals surface area (Å²) in [5.74, 6) is -1.06. The molecule has 2 aliphatic rings. The molecule has 0 radical (unpaired) electrons. The van der Waals surface area contributed by atoms with Gasteiger partial charge in [0.1, 0.15) is 0 Å². The summed E-state index contributed by atoms with van der Waals surface area (Å²) in [4.78, 5) is 20.3. The molecule has 2 fully saturated rings. The molecule has 320 valence electrons. The molecule has 3 heterocycles. The lowest BCUT2D eigenvalue weighted by molar-refractivity contribution is 0.100. The molecule has 3 aromatic heterocycles. The molecular formula is C41H45Cl2F2N7O6S2. The third-order valence-electron chi connectivity index (χ3n) is 10.4. The number of pyridine rings is 2. The number of Topliss-reactive ketones (excluding diaryl/α,β-unsaturated/α-hetero) is 1. The van der Waals surface area contributed by atoms with E-state index in [-0.39, 0.29) is 31.3 Å². The highest BCUT2D eigenvalue weighted by atomic mass is 35.5. The fourth-order valence-electron chi connectivity index (χ4n) is 7.18. The van der Waals surface area contributed by atoms with E-state index < -0.39 is 42.9 Å². The number of carbonyl (C=O) groups is 1. The Bertz CT molecular complexity index is 2430. The fraction of sp³-hybridized carbons (Fsp3) is 0.390. The van der Waals surface area contributed by atoms with E-state index in [0.29, 0.717) is 69.6 Å². The van der Waals surface area contributed by atoms with Crippen LogP contribution in [-0.4, -0.2) is 59.8 Å². The molecule has 0 amide bonds. The predicted molar refractivity (Wildman–Crippen MR) is 227 cm³/mol. The van der Waals surface area contributed by atoms with Crippen molar-refractivity contribution in [1.82, 2.24) is 20.2 Å². The summed E-state index contributed by atoms with van der Waals surface area (Å²) in [5.41, 5.74) is 8.15. The van der Waals surface area contributed by atoms with E-state index in [2.05, 4.69) is 20.2 Å². The van der Waals surface area contributed by atoms with Gasteiger partial charge in [-0.05, 0) is 86.3 Å². The molecule has 0 saturated heterocycles. The molecular weight excluding hydrogens is 860 g/mol. The average Bonchev–Trinajstić information content (AvgIpc) is 3.77. The Kier molecular flexibility index (Phi) is 15.3. The van der Waals surface area contributed by atoms with Crippen molar-refractivity contribution >= 4 is 60.4 Å². The summed E-state index contributed by atoms with van der Waals surface area (Å²) in [5, 5.41) is 6.94. The topological polar surface area (TPSA) is 183 Å². The van der Waals surface area contributed by atoms with Crippen LogP contribution in [0.25, 0.3) is 11.5 Å². The number of nitrogens with zero attached hydrogens (tertiary/aromatic N) is 6. The van der Waals surface area contributed by atoms with E-state index in [1.165, 1.54) is 21.0 Å². The van der Waals surface area contributed by atoms with Crippen molar-refractivity contribution in [3.05, 3.63) is 118 Å². The first kappa shape index (κ1) is 45.0. The zero-order valence-corrected chi connectivity index (χ0v) is 35.7. The van der Waals surface area contributed by atoms with Crippen LogP contribution in [-0.2, 0) is 33.1 Å². The summed E-state index contributed by atoms with van der Waals surface area (Å²) >= 11 is 12.2. The molecule has 2 saturated carbocycles.